The monoisotopic (exact) mass is 226 g/mol. The maximum absolute atomic E-state index is 9.99. The number of hydrogen-bond acceptors (Lipinski definition) is 2. The van der Waals surface area contributed by atoms with E-state index in [1.165, 1.54) is 51.4 Å². The predicted octanol–water partition coefficient (Wildman–Crippen LogP) is 3.28. The van der Waals surface area contributed by atoms with Gasteiger partial charge in [-0.05, 0) is 25.2 Å². The topological polar surface area (TPSA) is 29.5 Å². The number of aliphatic hydroxyl groups is 1. The zero-order valence-electron chi connectivity index (χ0n) is 10.4. The zero-order chi connectivity index (χ0) is 11.2. The van der Waals surface area contributed by atoms with Gasteiger partial charge in [0.25, 0.3) is 0 Å². The fourth-order valence-corrected chi connectivity index (χ4v) is 2.79. The Hall–Kier alpha value is -0.0800. The van der Waals surface area contributed by atoms with Crippen LogP contribution in [0.2, 0.25) is 0 Å². The Labute approximate surface area is 99.4 Å². The average molecular weight is 226 g/mol. The molecule has 16 heavy (non-hydrogen) atoms. The highest BCUT2D eigenvalue weighted by molar-refractivity contribution is 4.73. The third kappa shape index (κ3) is 3.74. The fraction of sp³-hybridized carbons (Fsp3) is 1.00. The normalized spacial score (nSPS) is 32.8. The van der Waals surface area contributed by atoms with Crippen molar-refractivity contribution >= 4 is 0 Å². The average Bonchev–Trinajstić information content (AvgIpc) is 2.19. The summed E-state index contributed by atoms with van der Waals surface area (Å²) in [6.45, 7) is 0.867. The molecule has 94 valence electrons. The lowest BCUT2D eigenvalue weighted by Crippen LogP contribution is -2.31. The molecule has 2 fully saturated rings. The van der Waals surface area contributed by atoms with Crippen molar-refractivity contribution in [2.24, 2.45) is 5.92 Å². The molecule has 2 nitrogen and oxygen atoms in total. The van der Waals surface area contributed by atoms with E-state index in [2.05, 4.69) is 0 Å². The maximum atomic E-state index is 9.99. The van der Waals surface area contributed by atoms with Crippen molar-refractivity contribution in [2.45, 2.75) is 76.4 Å². The first kappa shape index (κ1) is 12.4. The summed E-state index contributed by atoms with van der Waals surface area (Å²) >= 11 is 0. The molecule has 2 atom stereocenters. The Morgan fingerprint density at radius 3 is 2.31 bits per heavy atom. The molecule has 1 N–H and O–H groups in total. The highest BCUT2D eigenvalue weighted by atomic mass is 16.5. The van der Waals surface area contributed by atoms with Crippen LogP contribution in [0.15, 0.2) is 0 Å². The summed E-state index contributed by atoms with van der Waals surface area (Å²) in [6.07, 6.45) is 12.3. The molecule has 0 radical (unpaired) electrons. The van der Waals surface area contributed by atoms with Crippen LogP contribution in [0.25, 0.3) is 0 Å². The molecule has 0 aromatic heterocycles. The first-order valence-corrected chi connectivity index (χ1v) is 7.16. The predicted molar refractivity (Wildman–Crippen MR) is 65.4 cm³/mol. The first-order chi connectivity index (χ1) is 7.86. The molecule has 2 aliphatic rings. The van der Waals surface area contributed by atoms with Crippen LogP contribution in [-0.2, 0) is 4.74 Å². The summed E-state index contributed by atoms with van der Waals surface area (Å²) < 4.78 is 5.89. The largest absolute Gasteiger partial charge is 0.390 e. The van der Waals surface area contributed by atoms with E-state index >= 15 is 0 Å². The van der Waals surface area contributed by atoms with E-state index in [9.17, 15) is 5.11 Å². The Kier molecular flexibility index (Phi) is 5.11. The molecule has 0 spiro atoms. The smallest absolute Gasteiger partial charge is 0.0833 e. The minimum atomic E-state index is -0.207. The molecule has 2 unspecified atom stereocenters. The minimum absolute atomic E-state index is 0.125. The van der Waals surface area contributed by atoms with Gasteiger partial charge in [-0.2, -0.15) is 0 Å². The van der Waals surface area contributed by atoms with Gasteiger partial charge in [-0.1, -0.05) is 44.9 Å². The van der Waals surface area contributed by atoms with Gasteiger partial charge in [-0.3, -0.25) is 0 Å². The third-order valence-corrected chi connectivity index (χ3v) is 4.25. The second kappa shape index (κ2) is 6.61. The van der Waals surface area contributed by atoms with Crippen LogP contribution in [-0.4, -0.2) is 23.9 Å². The van der Waals surface area contributed by atoms with Crippen molar-refractivity contribution in [3.63, 3.8) is 0 Å². The van der Waals surface area contributed by atoms with E-state index in [1.54, 1.807) is 0 Å². The SMILES string of the molecule is OC1CCCCCCC1OCCC1CCC1. The highest BCUT2D eigenvalue weighted by Crippen LogP contribution is 2.29. The number of hydrogen-bond donors (Lipinski definition) is 1. The van der Waals surface area contributed by atoms with E-state index < -0.39 is 0 Å². The van der Waals surface area contributed by atoms with Gasteiger partial charge in [0, 0.05) is 6.61 Å². The summed E-state index contributed by atoms with van der Waals surface area (Å²) in [6, 6.07) is 0. The standard InChI is InChI=1S/C14H26O2/c15-13-8-3-1-2-4-9-14(13)16-11-10-12-6-5-7-12/h12-15H,1-11H2. The van der Waals surface area contributed by atoms with Gasteiger partial charge in [-0.15, -0.1) is 0 Å². The van der Waals surface area contributed by atoms with E-state index in [-0.39, 0.29) is 12.2 Å². The van der Waals surface area contributed by atoms with Crippen LogP contribution in [0.3, 0.4) is 0 Å². The van der Waals surface area contributed by atoms with Gasteiger partial charge in [-0.25, -0.2) is 0 Å². The summed E-state index contributed by atoms with van der Waals surface area (Å²) in [5.41, 5.74) is 0. The summed E-state index contributed by atoms with van der Waals surface area (Å²) in [5.74, 6) is 0.922. The molecule has 0 aliphatic heterocycles. The van der Waals surface area contributed by atoms with Crippen molar-refractivity contribution < 1.29 is 9.84 Å². The molecular weight excluding hydrogens is 200 g/mol. The van der Waals surface area contributed by atoms with Crippen LogP contribution < -0.4 is 0 Å². The molecule has 0 aromatic carbocycles. The Balaban J connectivity index is 1.63. The zero-order valence-corrected chi connectivity index (χ0v) is 10.4. The maximum Gasteiger partial charge on any atom is 0.0833 e. The lowest BCUT2D eigenvalue weighted by Gasteiger charge is -2.28. The molecule has 2 heteroatoms. The van der Waals surface area contributed by atoms with Crippen molar-refractivity contribution in [2.75, 3.05) is 6.61 Å². The molecule has 2 aliphatic carbocycles. The summed E-state index contributed by atoms with van der Waals surface area (Å²) in [7, 11) is 0. The van der Waals surface area contributed by atoms with Gasteiger partial charge in [0.15, 0.2) is 0 Å². The molecule has 0 bridgehead atoms. The van der Waals surface area contributed by atoms with Gasteiger partial charge in [0.2, 0.25) is 0 Å². The molecule has 0 saturated heterocycles. The highest BCUT2D eigenvalue weighted by Gasteiger charge is 2.22. The lowest BCUT2D eigenvalue weighted by molar-refractivity contribution is -0.0546. The third-order valence-electron chi connectivity index (χ3n) is 4.25. The molecule has 0 amide bonds. The number of ether oxygens (including phenoxy) is 1. The molecule has 2 rings (SSSR count). The van der Waals surface area contributed by atoms with E-state index in [1.807, 2.05) is 0 Å². The Morgan fingerprint density at radius 1 is 0.875 bits per heavy atom. The molecule has 0 heterocycles. The molecule has 0 aromatic rings. The van der Waals surface area contributed by atoms with Crippen LogP contribution in [0.1, 0.15) is 64.2 Å². The van der Waals surface area contributed by atoms with Gasteiger partial charge in [0.1, 0.15) is 0 Å². The van der Waals surface area contributed by atoms with Crippen molar-refractivity contribution in [1.29, 1.82) is 0 Å². The van der Waals surface area contributed by atoms with Crippen molar-refractivity contribution in [3.05, 3.63) is 0 Å². The lowest BCUT2D eigenvalue weighted by atomic mass is 9.83. The van der Waals surface area contributed by atoms with Crippen LogP contribution in [0, 0.1) is 5.92 Å². The van der Waals surface area contributed by atoms with Gasteiger partial charge in [0.05, 0.1) is 12.2 Å². The summed E-state index contributed by atoms with van der Waals surface area (Å²) in [4.78, 5) is 0. The molecular formula is C14H26O2. The minimum Gasteiger partial charge on any atom is -0.390 e. The van der Waals surface area contributed by atoms with Gasteiger partial charge < -0.3 is 9.84 Å². The second-order valence-corrected chi connectivity index (χ2v) is 5.55. The Bertz CT molecular complexity index is 189. The van der Waals surface area contributed by atoms with E-state index in [0.29, 0.717) is 0 Å². The first-order valence-electron chi connectivity index (χ1n) is 7.16. The fourth-order valence-electron chi connectivity index (χ4n) is 2.79. The second-order valence-electron chi connectivity index (χ2n) is 5.55. The summed E-state index contributed by atoms with van der Waals surface area (Å²) in [5, 5.41) is 9.99. The van der Waals surface area contributed by atoms with E-state index in [0.717, 1.165) is 25.4 Å². The Morgan fingerprint density at radius 2 is 1.62 bits per heavy atom. The van der Waals surface area contributed by atoms with E-state index in [4.69, 9.17) is 4.74 Å². The van der Waals surface area contributed by atoms with Crippen molar-refractivity contribution in [1.82, 2.24) is 0 Å². The quantitative estimate of drug-likeness (QED) is 0.797. The number of aliphatic hydroxyl groups excluding tert-OH is 1. The van der Waals surface area contributed by atoms with Crippen molar-refractivity contribution in [3.8, 4) is 0 Å². The molecule has 2 saturated carbocycles. The van der Waals surface area contributed by atoms with Crippen LogP contribution >= 0.6 is 0 Å². The number of rotatable bonds is 4. The van der Waals surface area contributed by atoms with Crippen LogP contribution in [0.5, 0.6) is 0 Å². The van der Waals surface area contributed by atoms with Crippen LogP contribution in [0.4, 0.5) is 0 Å². The van der Waals surface area contributed by atoms with Gasteiger partial charge >= 0.3 is 0 Å².